The predicted molar refractivity (Wildman–Crippen MR) is 96.8 cm³/mol. The van der Waals surface area contributed by atoms with Crippen LogP contribution in [0.2, 0.25) is 0 Å². The number of fused-ring (bicyclic) bond motifs is 1. The van der Waals surface area contributed by atoms with Gasteiger partial charge in [-0.2, -0.15) is 9.78 Å². The molecule has 3 aromatic heterocycles. The van der Waals surface area contributed by atoms with Crippen molar-refractivity contribution in [3.63, 3.8) is 0 Å². The minimum Gasteiger partial charge on any atom is -0.375 e. The highest BCUT2D eigenvalue weighted by molar-refractivity contribution is 5.86. The number of aromatic nitrogens is 6. The molecule has 0 aliphatic carbocycles. The molecule has 0 aliphatic rings. The van der Waals surface area contributed by atoms with E-state index in [4.69, 9.17) is 4.74 Å². The van der Waals surface area contributed by atoms with Gasteiger partial charge in [0.1, 0.15) is 12.1 Å². The fraction of sp³-hybridized carbons (Fsp3) is 0.167. The summed E-state index contributed by atoms with van der Waals surface area (Å²) < 4.78 is 7.27. The van der Waals surface area contributed by atoms with Crippen molar-refractivity contribution in [3.05, 3.63) is 66.9 Å². The van der Waals surface area contributed by atoms with Crippen LogP contribution in [0.3, 0.4) is 0 Å². The van der Waals surface area contributed by atoms with E-state index in [0.29, 0.717) is 37.2 Å². The topological polar surface area (TPSA) is 90.6 Å². The molecule has 130 valence electrons. The molecular formula is C18H17N7O. The van der Waals surface area contributed by atoms with Gasteiger partial charge in [-0.05, 0) is 11.6 Å². The molecule has 0 saturated carbocycles. The van der Waals surface area contributed by atoms with Crippen LogP contribution >= 0.6 is 0 Å². The van der Waals surface area contributed by atoms with Crippen LogP contribution in [0.25, 0.3) is 17.0 Å². The summed E-state index contributed by atoms with van der Waals surface area (Å²) in [4.78, 5) is 17.0. The van der Waals surface area contributed by atoms with Crippen molar-refractivity contribution in [2.75, 3.05) is 18.5 Å². The number of anilines is 1. The van der Waals surface area contributed by atoms with Gasteiger partial charge in [-0.15, -0.1) is 0 Å². The lowest BCUT2D eigenvalue weighted by atomic mass is 10.2. The van der Waals surface area contributed by atoms with E-state index in [1.807, 2.05) is 30.3 Å². The van der Waals surface area contributed by atoms with Crippen LogP contribution < -0.4 is 5.32 Å². The number of nitrogens with one attached hydrogen (secondary N) is 1. The first-order valence-electron chi connectivity index (χ1n) is 8.23. The summed E-state index contributed by atoms with van der Waals surface area (Å²) in [5.41, 5.74) is 1.81. The first-order valence-corrected chi connectivity index (χ1v) is 8.23. The second kappa shape index (κ2) is 7.66. The number of rotatable bonds is 7. The second-order valence-electron chi connectivity index (χ2n) is 5.53. The predicted octanol–water partition coefficient (Wildman–Crippen LogP) is 2.23. The summed E-state index contributed by atoms with van der Waals surface area (Å²) in [6, 6.07) is 11.8. The van der Waals surface area contributed by atoms with Gasteiger partial charge in [0.15, 0.2) is 5.65 Å². The molecule has 3 heterocycles. The lowest BCUT2D eigenvalue weighted by Gasteiger charge is -2.07. The zero-order chi connectivity index (χ0) is 17.6. The molecule has 0 saturated heterocycles. The number of hydrogen-bond donors (Lipinski definition) is 1. The molecule has 8 heteroatoms. The van der Waals surface area contributed by atoms with Crippen molar-refractivity contribution >= 4 is 16.9 Å². The van der Waals surface area contributed by atoms with E-state index in [1.165, 1.54) is 6.33 Å². The average molecular weight is 347 g/mol. The molecule has 1 N–H and O–H groups in total. The van der Waals surface area contributed by atoms with E-state index in [1.54, 1.807) is 29.3 Å². The third-order valence-electron chi connectivity index (χ3n) is 3.76. The van der Waals surface area contributed by atoms with Crippen LogP contribution in [0.15, 0.2) is 61.3 Å². The molecule has 0 amide bonds. The summed E-state index contributed by atoms with van der Waals surface area (Å²) in [6.45, 7) is 1.78. The van der Waals surface area contributed by atoms with Crippen LogP contribution in [0.5, 0.6) is 0 Å². The maximum atomic E-state index is 5.68. The van der Waals surface area contributed by atoms with Gasteiger partial charge in [0, 0.05) is 18.9 Å². The Bertz CT molecular complexity index is 973. The molecule has 0 bridgehead atoms. The minimum absolute atomic E-state index is 0.471. The van der Waals surface area contributed by atoms with Gasteiger partial charge >= 0.3 is 0 Å². The molecule has 8 nitrogen and oxygen atoms in total. The Morgan fingerprint density at radius 2 is 1.81 bits per heavy atom. The summed E-state index contributed by atoms with van der Waals surface area (Å²) in [7, 11) is 0. The maximum absolute atomic E-state index is 5.68. The molecule has 0 fully saturated rings. The Labute approximate surface area is 149 Å². The van der Waals surface area contributed by atoms with Crippen molar-refractivity contribution in [1.29, 1.82) is 0 Å². The summed E-state index contributed by atoms with van der Waals surface area (Å²) in [5, 5.41) is 8.41. The van der Waals surface area contributed by atoms with Crippen molar-refractivity contribution in [2.45, 2.75) is 6.61 Å². The average Bonchev–Trinajstić information content (AvgIpc) is 3.14. The molecule has 0 spiro atoms. The third kappa shape index (κ3) is 3.50. The fourth-order valence-corrected chi connectivity index (χ4v) is 2.54. The van der Waals surface area contributed by atoms with Gasteiger partial charge < -0.3 is 10.1 Å². The second-order valence-corrected chi connectivity index (χ2v) is 5.53. The van der Waals surface area contributed by atoms with E-state index in [9.17, 15) is 0 Å². The number of nitrogens with zero attached hydrogens (tertiary/aromatic N) is 6. The molecule has 0 aliphatic heterocycles. The van der Waals surface area contributed by atoms with Crippen LogP contribution in [-0.4, -0.2) is 42.9 Å². The molecule has 0 radical (unpaired) electrons. The Hall–Kier alpha value is -3.39. The first-order chi connectivity index (χ1) is 12.9. The lowest BCUT2D eigenvalue weighted by molar-refractivity contribution is 0.130. The number of ether oxygens (including phenoxy) is 1. The Balaban J connectivity index is 1.40. The molecular weight excluding hydrogens is 330 g/mol. The van der Waals surface area contributed by atoms with Gasteiger partial charge in [0.25, 0.3) is 5.95 Å². The largest absolute Gasteiger partial charge is 0.375 e. The molecule has 26 heavy (non-hydrogen) atoms. The van der Waals surface area contributed by atoms with Gasteiger partial charge in [-0.1, -0.05) is 30.3 Å². The summed E-state index contributed by atoms with van der Waals surface area (Å²) in [6.07, 6.45) is 6.54. The normalized spacial score (nSPS) is 10.9. The Kier molecular flexibility index (Phi) is 4.74. The molecule has 0 atom stereocenters. The van der Waals surface area contributed by atoms with E-state index < -0.39 is 0 Å². The minimum atomic E-state index is 0.471. The van der Waals surface area contributed by atoms with Crippen molar-refractivity contribution in [2.24, 2.45) is 0 Å². The molecule has 4 rings (SSSR count). The van der Waals surface area contributed by atoms with Crippen LogP contribution in [0, 0.1) is 0 Å². The van der Waals surface area contributed by atoms with Crippen molar-refractivity contribution in [1.82, 2.24) is 29.7 Å². The first kappa shape index (κ1) is 16.1. The monoisotopic (exact) mass is 347 g/mol. The maximum Gasteiger partial charge on any atom is 0.252 e. The number of hydrogen-bond acceptors (Lipinski definition) is 7. The highest BCUT2D eigenvalue weighted by atomic mass is 16.5. The van der Waals surface area contributed by atoms with Gasteiger partial charge in [-0.25, -0.2) is 19.9 Å². The highest BCUT2D eigenvalue weighted by Gasteiger charge is 2.12. The van der Waals surface area contributed by atoms with Crippen LogP contribution in [0.1, 0.15) is 5.56 Å². The SMILES string of the molecule is c1ccc(COCCNc2ncnc3c2cnn3-c2ncccn2)cc1. The van der Waals surface area contributed by atoms with Gasteiger partial charge in [0.05, 0.1) is 24.8 Å². The van der Waals surface area contributed by atoms with Gasteiger partial charge in [-0.3, -0.25) is 0 Å². The molecule has 1 aromatic carbocycles. The highest BCUT2D eigenvalue weighted by Crippen LogP contribution is 2.19. The fourth-order valence-electron chi connectivity index (χ4n) is 2.54. The smallest absolute Gasteiger partial charge is 0.252 e. The molecule has 0 unspecified atom stereocenters. The van der Waals surface area contributed by atoms with Crippen LogP contribution in [0.4, 0.5) is 5.82 Å². The van der Waals surface area contributed by atoms with E-state index in [-0.39, 0.29) is 0 Å². The number of benzene rings is 1. The Morgan fingerprint density at radius 3 is 2.65 bits per heavy atom. The summed E-state index contributed by atoms with van der Waals surface area (Å²) >= 11 is 0. The lowest BCUT2D eigenvalue weighted by Crippen LogP contribution is -2.11. The summed E-state index contributed by atoms with van der Waals surface area (Å²) in [5.74, 6) is 1.18. The van der Waals surface area contributed by atoms with Crippen molar-refractivity contribution in [3.8, 4) is 5.95 Å². The zero-order valence-corrected chi connectivity index (χ0v) is 14.0. The molecule has 4 aromatic rings. The van der Waals surface area contributed by atoms with Gasteiger partial charge in [0.2, 0.25) is 0 Å². The standard InChI is InChI=1S/C18H17N7O/c1-2-5-14(6-3-1)12-26-10-9-19-16-15-11-24-25(17(15)23-13-22-16)18-20-7-4-8-21-18/h1-8,11,13H,9-10,12H2,(H,19,22,23). The quantitative estimate of drug-likeness (QED) is 0.513. The Morgan fingerprint density at radius 1 is 0.962 bits per heavy atom. The zero-order valence-electron chi connectivity index (χ0n) is 14.0. The van der Waals surface area contributed by atoms with E-state index in [2.05, 4.69) is 30.4 Å². The third-order valence-corrected chi connectivity index (χ3v) is 3.76. The van der Waals surface area contributed by atoms with E-state index >= 15 is 0 Å². The van der Waals surface area contributed by atoms with E-state index in [0.717, 1.165) is 10.9 Å². The van der Waals surface area contributed by atoms with Crippen LogP contribution in [-0.2, 0) is 11.3 Å². The van der Waals surface area contributed by atoms with Crippen molar-refractivity contribution < 1.29 is 4.74 Å².